The van der Waals surface area contributed by atoms with Crippen LogP contribution in [0.15, 0.2) is 29.2 Å². The van der Waals surface area contributed by atoms with E-state index in [1.807, 2.05) is 18.2 Å². The number of fused-ring (bicyclic) bond motifs is 3. The fourth-order valence-electron chi connectivity index (χ4n) is 5.58. The van der Waals surface area contributed by atoms with E-state index in [2.05, 4.69) is 16.3 Å². The lowest BCUT2D eigenvalue weighted by Crippen LogP contribution is -2.46. The normalized spacial score (nSPS) is 24.2. The molecule has 1 aliphatic carbocycles. The van der Waals surface area contributed by atoms with Crippen LogP contribution in [0, 0.1) is 0 Å². The highest BCUT2D eigenvalue weighted by Crippen LogP contribution is 2.48. The van der Waals surface area contributed by atoms with Crippen molar-refractivity contribution in [3.8, 4) is 0 Å². The molecule has 0 bridgehead atoms. The SMILES string of the molecule is CS(=O)(=O)N1CC2(CCN(c3nc4c(c(NC5(CO)CC5)n3)S(=O)CC4)CC2)c2ccccc21. The van der Waals surface area contributed by atoms with Crippen molar-refractivity contribution in [1.29, 1.82) is 0 Å². The highest BCUT2D eigenvalue weighted by molar-refractivity contribution is 7.92. The third-order valence-electron chi connectivity index (χ3n) is 7.81. The summed E-state index contributed by atoms with van der Waals surface area (Å²) < 4.78 is 39.1. The van der Waals surface area contributed by atoms with Crippen molar-refractivity contribution in [2.45, 2.75) is 48.0 Å². The summed E-state index contributed by atoms with van der Waals surface area (Å²) in [4.78, 5) is 12.4. The van der Waals surface area contributed by atoms with Gasteiger partial charge in [0.15, 0.2) is 0 Å². The van der Waals surface area contributed by atoms with Gasteiger partial charge in [-0.25, -0.2) is 13.4 Å². The fraction of sp³-hybridized carbons (Fsp3) is 0.565. The van der Waals surface area contributed by atoms with Gasteiger partial charge in [-0.15, -0.1) is 0 Å². The molecule has 3 aliphatic heterocycles. The minimum atomic E-state index is -3.35. The Morgan fingerprint density at radius 1 is 1.15 bits per heavy atom. The van der Waals surface area contributed by atoms with E-state index < -0.39 is 20.8 Å². The molecule has 1 atom stereocenters. The molecule has 1 aromatic heterocycles. The molecule has 2 fully saturated rings. The Labute approximate surface area is 202 Å². The van der Waals surface area contributed by atoms with E-state index in [9.17, 15) is 17.7 Å². The molecule has 1 aromatic carbocycles. The summed E-state index contributed by atoms with van der Waals surface area (Å²) in [5, 5.41) is 13.2. The molecule has 0 radical (unpaired) electrons. The van der Waals surface area contributed by atoms with Gasteiger partial charge in [0, 0.05) is 37.2 Å². The standard InChI is InChI=1S/C23H29N5O4S2/c1-34(31,32)28-14-22(16-4-2-3-5-18(16)28)9-11-27(12-10-22)21-24-17-6-13-33(30)19(17)20(25-21)26-23(15-29)7-8-23/h2-5,29H,6-15H2,1H3,(H,24,25,26). The van der Waals surface area contributed by atoms with Crippen LogP contribution in [0.2, 0.25) is 0 Å². The number of aryl methyl sites for hydroxylation is 1. The van der Waals surface area contributed by atoms with Crippen molar-refractivity contribution >= 4 is 38.3 Å². The van der Waals surface area contributed by atoms with Gasteiger partial charge in [0.25, 0.3) is 0 Å². The van der Waals surface area contributed by atoms with E-state index in [-0.39, 0.29) is 17.6 Å². The summed E-state index contributed by atoms with van der Waals surface area (Å²) in [6.45, 7) is 1.90. The predicted molar refractivity (Wildman–Crippen MR) is 131 cm³/mol. The van der Waals surface area contributed by atoms with Crippen LogP contribution in [0.5, 0.6) is 0 Å². The molecule has 34 heavy (non-hydrogen) atoms. The number of aromatic nitrogens is 2. The topological polar surface area (TPSA) is 116 Å². The van der Waals surface area contributed by atoms with Crippen LogP contribution in [-0.4, -0.2) is 71.5 Å². The fourth-order valence-corrected chi connectivity index (χ4v) is 7.88. The molecule has 11 heteroatoms. The zero-order valence-electron chi connectivity index (χ0n) is 19.2. The number of piperidine rings is 1. The second-order valence-electron chi connectivity index (χ2n) is 10.1. The molecule has 182 valence electrons. The minimum Gasteiger partial charge on any atom is -0.394 e. The van der Waals surface area contributed by atoms with Gasteiger partial charge < -0.3 is 15.3 Å². The van der Waals surface area contributed by atoms with Gasteiger partial charge >= 0.3 is 0 Å². The summed E-state index contributed by atoms with van der Waals surface area (Å²) in [6, 6.07) is 7.83. The van der Waals surface area contributed by atoms with Crippen LogP contribution in [0.1, 0.15) is 36.9 Å². The third-order valence-corrected chi connectivity index (χ3v) is 10.4. The Kier molecular flexibility index (Phi) is 4.99. The Morgan fingerprint density at radius 3 is 2.56 bits per heavy atom. The number of hydrogen-bond acceptors (Lipinski definition) is 8. The molecule has 4 heterocycles. The van der Waals surface area contributed by atoms with Gasteiger partial charge in [-0.3, -0.25) is 8.51 Å². The number of anilines is 3. The number of rotatable bonds is 5. The zero-order valence-corrected chi connectivity index (χ0v) is 20.8. The number of aliphatic hydroxyl groups is 1. The Hall–Kier alpha value is -2.24. The van der Waals surface area contributed by atoms with Crippen molar-refractivity contribution in [2.75, 3.05) is 52.8 Å². The van der Waals surface area contributed by atoms with E-state index in [1.165, 1.54) is 6.26 Å². The number of sulfonamides is 1. The van der Waals surface area contributed by atoms with Gasteiger partial charge in [-0.2, -0.15) is 4.98 Å². The first kappa shape index (κ1) is 22.2. The summed E-state index contributed by atoms with van der Waals surface area (Å²) in [6.07, 6.45) is 5.26. The molecular formula is C23H29N5O4S2. The Balaban J connectivity index is 1.29. The van der Waals surface area contributed by atoms with E-state index >= 15 is 0 Å². The maximum atomic E-state index is 12.6. The molecule has 1 saturated carbocycles. The van der Waals surface area contributed by atoms with Crippen molar-refractivity contribution in [3.63, 3.8) is 0 Å². The second kappa shape index (κ2) is 7.63. The van der Waals surface area contributed by atoms with Gasteiger partial charge in [-0.05, 0) is 37.3 Å². The lowest BCUT2D eigenvalue weighted by Gasteiger charge is -2.40. The number of nitrogens with zero attached hydrogens (tertiary/aromatic N) is 4. The average Bonchev–Trinajstić information content (AvgIpc) is 3.38. The van der Waals surface area contributed by atoms with Crippen LogP contribution >= 0.6 is 0 Å². The maximum absolute atomic E-state index is 12.6. The van der Waals surface area contributed by atoms with Crippen LogP contribution in [0.4, 0.5) is 17.5 Å². The summed E-state index contributed by atoms with van der Waals surface area (Å²) >= 11 is 0. The van der Waals surface area contributed by atoms with Gasteiger partial charge in [0.05, 0.1) is 40.6 Å². The van der Waals surface area contributed by atoms with Gasteiger partial charge in [0.2, 0.25) is 16.0 Å². The van der Waals surface area contributed by atoms with E-state index in [0.717, 1.165) is 42.6 Å². The summed E-state index contributed by atoms with van der Waals surface area (Å²) in [7, 11) is -4.48. The predicted octanol–water partition coefficient (Wildman–Crippen LogP) is 1.39. The maximum Gasteiger partial charge on any atom is 0.232 e. The molecule has 2 aromatic rings. The molecule has 4 aliphatic rings. The van der Waals surface area contributed by atoms with Crippen LogP contribution in [-0.2, 0) is 32.7 Å². The molecular weight excluding hydrogens is 474 g/mol. The lowest BCUT2D eigenvalue weighted by molar-refractivity contribution is 0.265. The van der Waals surface area contributed by atoms with Crippen molar-refractivity contribution in [1.82, 2.24) is 9.97 Å². The molecule has 2 N–H and O–H groups in total. The molecule has 0 amide bonds. The third kappa shape index (κ3) is 3.51. The molecule has 9 nitrogen and oxygen atoms in total. The van der Waals surface area contributed by atoms with Crippen molar-refractivity contribution in [2.24, 2.45) is 0 Å². The van der Waals surface area contributed by atoms with E-state index in [0.29, 0.717) is 48.5 Å². The number of hydrogen-bond donors (Lipinski definition) is 2. The second-order valence-corrected chi connectivity index (χ2v) is 13.5. The number of aliphatic hydroxyl groups excluding tert-OH is 1. The zero-order chi connectivity index (χ0) is 23.7. The smallest absolute Gasteiger partial charge is 0.232 e. The van der Waals surface area contributed by atoms with Crippen LogP contribution in [0.25, 0.3) is 0 Å². The monoisotopic (exact) mass is 503 g/mol. The van der Waals surface area contributed by atoms with E-state index in [1.54, 1.807) is 4.31 Å². The van der Waals surface area contributed by atoms with E-state index in [4.69, 9.17) is 9.97 Å². The van der Waals surface area contributed by atoms with Gasteiger partial charge in [-0.1, -0.05) is 18.2 Å². The highest BCUT2D eigenvalue weighted by Gasteiger charge is 2.48. The molecule has 1 spiro atoms. The van der Waals surface area contributed by atoms with Crippen LogP contribution < -0.4 is 14.5 Å². The van der Waals surface area contributed by atoms with Crippen molar-refractivity contribution < 1.29 is 17.7 Å². The number of benzene rings is 1. The lowest BCUT2D eigenvalue weighted by atomic mass is 9.74. The largest absolute Gasteiger partial charge is 0.394 e. The highest BCUT2D eigenvalue weighted by atomic mass is 32.2. The number of nitrogens with one attached hydrogen (secondary N) is 1. The molecule has 1 saturated heterocycles. The summed E-state index contributed by atoms with van der Waals surface area (Å²) in [5.74, 6) is 1.77. The van der Waals surface area contributed by atoms with Crippen molar-refractivity contribution in [3.05, 3.63) is 35.5 Å². The minimum absolute atomic E-state index is 0.0240. The number of para-hydroxylation sites is 1. The Bertz CT molecular complexity index is 1290. The average molecular weight is 504 g/mol. The Morgan fingerprint density at radius 2 is 1.88 bits per heavy atom. The van der Waals surface area contributed by atoms with Crippen LogP contribution in [0.3, 0.4) is 0 Å². The quantitative estimate of drug-likeness (QED) is 0.629. The molecule has 1 unspecified atom stereocenters. The summed E-state index contributed by atoms with van der Waals surface area (Å²) in [5.41, 5.74) is 2.14. The first-order valence-electron chi connectivity index (χ1n) is 11.7. The first-order valence-corrected chi connectivity index (χ1v) is 14.9. The van der Waals surface area contributed by atoms with Gasteiger partial charge in [0.1, 0.15) is 10.7 Å². The molecule has 6 rings (SSSR count). The first-order chi connectivity index (χ1) is 16.2.